The number of rotatable bonds is 9. The molecule has 0 spiro atoms. The Morgan fingerprint density at radius 3 is 2.56 bits per heavy atom. The number of ether oxygens (including phenoxy) is 1. The van der Waals surface area contributed by atoms with Crippen molar-refractivity contribution in [2.24, 2.45) is 0 Å². The SMILES string of the molecule is COc1ccc2cc(CN(CCCN(C)C)C(=S)NC(C)c3ccccc3)c(=O)[nH]c2c1. The van der Waals surface area contributed by atoms with E-state index in [1.165, 1.54) is 5.56 Å². The number of hydrogen-bond acceptors (Lipinski definition) is 4. The molecule has 1 unspecified atom stereocenters. The first-order valence-corrected chi connectivity index (χ1v) is 11.2. The molecule has 1 atom stereocenters. The lowest BCUT2D eigenvalue weighted by Crippen LogP contribution is -2.42. The Morgan fingerprint density at radius 2 is 1.88 bits per heavy atom. The molecule has 2 aromatic carbocycles. The van der Waals surface area contributed by atoms with Crippen LogP contribution in [0.15, 0.2) is 59.4 Å². The summed E-state index contributed by atoms with van der Waals surface area (Å²) in [6.07, 6.45) is 0.942. The van der Waals surface area contributed by atoms with Gasteiger partial charge in [0.25, 0.3) is 5.56 Å². The molecule has 0 aliphatic carbocycles. The van der Waals surface area contributed by atoms with Crippen molar-refractivity contribution in [1.29, 1.82) is 0 Å². The highest BCUT2D eigenvalue weighted by Crippen LogP contribution is 2.19. The van der Waals surface area contributed by atoms with E-state index >= 15 is 0 Å². The van der Waals surface area contributed by atoms with Crippen molar-refractivity contribution >= 4 is 28.2 Å². The van der Waals surface area contributed by atoms with Gasteiger partial charge in [-0.1, -0.05) is 30.3 Å². The van der Waals surface area contributed by atoms with Gasteiger partial charge in [0, 0.05) is 18.2 Å². The number of pyridine rings is 1. The standard InChI is InChI=1S/C25H32N4O2S/c1-18(19-9-6-5-7-10-19)26-25(32)29(14-8-13-28(2)3)17-21-15-20-11-12-22(31-4)16-23(20)27-24(21)30/h5-7,9-12,15-16,18H,8,13-14,17H2,1-4H3,(H,26,32)(H,27,30). The Kier molecular flexibility index (Phi) is 8.25. The predicted octanol–water partition coefficient (Wildman–Crippen LogP) is 3.93. The molecule has 7 heteroatoms. The zero-order chi connectivity index (χ0) is 23.1. The van der Waals surface area contributed by atoms with Crippen molar-refractivity contribution < 1.29 is 4.74 Å². The van der Waals surface area contributed by atoms with E-state index < -0.39 is 0 Å². The van der Waals surface area contributed by atoms with Crippen LogP contribution >= 0.6 is 12.2 Å². The molecule has 0 aliphatic heterocycles. The van der Waals surface area contributed by atoms with Crippen LogP contribution in [-0.4, -0.2) is 54.2 Å². The molecule has 0 saturated carbocycles. The molecule has 170 valence electrons. The molecule has 0 fully saturated rings. The van der Waals surface area contributed by atoms with Gasteiger partial charge in [-0.05, 0) is 75.4 Å². The molecule has 0 radical (unpaired) electrons. The summed E-state index contributed by atoms with van der Waals surface area (Å²) in [6.45, 7) is 4.24. The first kappa shape index (κ1) is 23.8. The molecule has 0 aliphatic rings. The van der Waals surface area contributed by atoms with Crippen LogP contribution in [-0.2, 0) is 6.54 Å². The second-order valence-electron chi connectivity index (χ2n) is 8.24. The average Bonchev–Trinajstić information content (AvgIpc) is 2.78. The van der Waals surface area contributed by atoms with Gasteiger partial charge in [-0.2, -0.15) is 0 Å². The summed E-state index contributed by atoms with van der Waals surface area (Å²) in [7, 11) is 5.73. The zero-order valence-electron chi connectivity index (χ0n) is 19.2. The number of aromatic nitrogens is 1. The largest absolute Gasteiger partial charge is 0.497 e. The van der Waals surface area contributed by atoms with Crippen molar-refractivity contribution in [2.75, 3.05) is 34.3 Å². The molecule has 3 aromatic rings. The van der Waals surface area contributed by atoms with Crippen LogP contribution in [0.25, 0.3) is 10.9 Å². The molecule has 0 amide bonds. The summed E-state index contributed by atoms with van der Waals surface area (Å²) in [5.41, 5.74) is 2.50. The van der Waals surface area contributed by atoms with Crippen molar-refractivity contribution in [3.05, 3.63) is 76.1 Å². The van der Waals surface area contributed by atoms with Gasteiger partial charge in [0.1, 0.15) is 5.75 Å². The minimum atomic E-state index is -0.109. The van der Waals surface area contributed by atoms with Crippen LogP contribution in [0.3, 0.4) is 0 Å². The second-order valence-corrected chi connectivity index (χ2v) is 8.62. The average molecular weight is 453 g/mol. The third-order valence-electron chi connectivity index (χ3n) is 5.45. The lowest BCUT2D eigenvalue weighted by molar-refractivity contribution is 0.339. The number of benzene rings is 2. The van der Waals surface area contributed by atoms with E-state index in [4.69, 9.17) is 17.0 Å². The Balaban J connectivity index is 1.81. The van der Waals surface area contributed by atoms with Crippen LogP contribution in [0.1, 0.15) is 30.5 Å². The van der Waals surface area contributed by atoms with E-state index in [0.29, 0.717) is 23.0 Å². The fraction of sp³-hybridized carbons (Fsp3) is 0.360. The quantitative estimate of drug-likeness (QED) is 0.480. The fourth-order valence-electron chi connectivity index (χ4n) is 3.61. The van der Waals surface area contributed by atoms with E-state index in [0.717, 1.165) is 30.4 Å². The molecule has 2 N–H and O–H groups in total. The first-order valence-electron chi connectivity index (χ1n) is 10.8. The maximum Gasteiger partial charge on any atom is 0.253 e. The van der Waals surface area contributed by atoms with Gasteiger partial charge >= 0.3 is 0 Å². The van der Waals surface area contributed by atoms with Gasteiger partial charge in [0.2, 0.25) is 0 Å². The van der Waals surface area contributed by atoms with Gasteiger partial charge < -0.3 is 24.8 Å². The van der Waals surface area contributed by atoms with Crippen LogP contribution in [0.2, 0.25) is 0 Å². The number of methoxy groups -OCH3 is 1. The summed E-state index contributed by atoms with van der Waals surface area (Å²) in [4.78, 5) is 20.0. The van der Waals surface area contributed by atoms with Crippen LogP contribution in [0, 0.1) is 0 Å². The van der Waals surface area contributed by atoms with Crippen LogP contribution < -0.4 is 15.6 Å². The zero-order valence-corrected chi connectivity index (χ0v) is 20.0. The Bertz CT molecular complexity index is 1100. The molecule has 0 saturated heterocycles. The normalized spacial score (nSPS) is 12.0. The summed E-state index contributed by atoms with van der Waals surface area (Å²) >= 11 is 5.77. The van der Waals surface area contributed by atoms with Crippen molar-refractivity contribution in [3.63, 3.8) is 0 Å². The predicted molar refractivity (Wildman–Crippen MR) is 135 cm³/mol. The number of fused-ring (bicyclic) bond motifs is 1. The summed E-state index contributed by atoms with van der Waals surface area (Å²) in [5.74, 6) is 0.714. The minimum absolute atomic E-state index is 0.0717. The van der Waals surface area contributed by atoms with Crippen LogP contribution in [0.5, 0.6) is 5.75 Å². The third-order valence-corrected chi connectivity index (χ3v) is 5.83. The van der Waals surface area contributed by atoms with Gasteiger partial charge in [0.15, 0.2) is 5.11 Å². The molecular formula is C25H32N4O2S. The molecular weight excluding hydrogens is 420 g/mol. The minimum Gasteiger partial charge on any atom is -0.497 e. The monoisotopic (exact) mass is 452 g/mol. The highest BCUT2D eigenvalue weighted by molar-refractivity contribution is 7.80. The van der Waals surface area contributed by atoms with Crippen molar-refractivity contribution in [2.45, 2.75) is 25.9 Å². The van der Waals surface area contributed by atoms with Gasteiger partial charge in [-0.15, -0.1) is 0 Å². The molecule has 1 heterocycles. The summed E-state index contributed by atoms with van der Waals surface area (Å²) in [5, 5.41) is 5.05. The maximum absolute atomic E-state index is 12.8. The lowest BCUT2D eigenvalue weighted by Gasteiger charge is -2.28. The van der Waals surface area contributed by atoms with Gasteiger partial charge in [0.05, 0.1) is 25.2 Å². The lowest BCUT2D eigenvalue weighted by atomic mass is 10.1. The summed E-state index contributed by atoms with van der Waals surface area (Å²) < 4.78 is 5.27. The number of nitrogens with zero attached hydrogens (tertiary/aromatic N) is 2. The van der Waals surface area contributed by atoms with Crippen LogP contribution in [0.4, 0.5) is 0 Å². The van der Waals surface area contributed by atoms with Gasteiger partial charge in [-0.25, -0.2) is 0 Å². The molecule has 6 nitrogen and oxygen atoms in total. The molecule has 1 aromatic heterocycles. The smallest absolute Gasteiger partial charge is 0.253 e. The number of thiocarbonyl (C=S) groups is 1. The second kappa shape index (κ2) is 11.1. The molecule has 0 bridgehead atoms. The first-order chi connectivity index (χ1) is 15.4. The van der Waals surface area contributed by atoms with E-state index in [2.05, 4.69) is 53.3 Å². The van der Waals surface area contributed by atoms with Gasteiger partial charge in [-0.3, -0.25) is 4.79 Å². The van der Waals surface area contributed by atoms with E-state index in [9.17, 15) is 4.79 Å². The number of aromatic amines is 1. The van der Waals surface area contributed by atoms with Crippen molar-refractivity contribution in [3.8, 4) is 5.75 Å². The summed E-state index contributed by atoms with van der Waals surface area (Å²) in [6, 6.07) is 17.9. The Labute approximate surface area is 195 Å². The van der Waals surface area contributed by atoms with E-state index in [1.54, 1.807) is 7.11 Å². The molecule has 3 rings (SSSR count). The number of H-pyrrole nitrogens is 1. The van der Waals surface area contributed by atoms with E-state index in [1.807, 2.05) is 42.5 Å². The third kappa shape index (κ3) is 6.31. The van der Waals surface area contributed by atoms with Crippen molar-refractivity contribution in [1.82, 2.24) is 20.1 Å². The highest BCUT2D eigenvalue weighted by atomic mass is 32.1. The Morgan fingerprint density at radius 1 is 1.12 bits per heavy atom. The van der Waals surface area contributed by atoms with E-state index in [-0.39, 0.29) is 11.6 Å². The number of nitrogens with one attached hydrogen (secondary N) is 2. The Hall–Kier alpha value is -2.90. The number of hydrogen-bond donors (Lipinski definition) is 2. The highest BCUT2D eigenvalue weighted by Gasteiger charge is 2.16. The fourth-order valence-corrected chi connectivity index (χ4v) is 3.94. The topological polar surface area (TPSA) is 60.6 Å². The maximum atomic E-state index is 12.8. The molecule has 32 heavy (non-hydrogen) atoms.